The van der Waals surface area contributed by atoms with Gasteiger partial charge in [0.25, 0.3) is 5.56 Å². The van der Waals surface area contributed by atoms with Gasteiger partial charge in [0.1, 0.15) is 5.82 Å². The van der Waals surface area contributed by atoms with Crippen molar-refractivity contribution in [3.63, 3.8) is 0 Å². The van der Waals surface area contributed by atoms with Crippen LogP contribution in [-0.4, -0.2) is 35.0 Å². The van der Waals surface area contributed by atoms with Gasteiger partial charge in [0.15, 0.2) is 5.67 Å². The number of alkyl halides is 1. The average Bonchev–Trinajstić information content (AvgIpc) is 2.43. The zero-order chi connectivity index (χ0) is 14.3. The highest BCUT2D eigenvalue weighted by Gasteiger charge is 2.38. The molecule has 0 radical (unpaired) electrons. The van der Waals surface area contributed by atoms with E-state index >= 15 is 0 Å². The summed E-state index contributed by atoms with van der Waals surface area (Å²) in [6.07, 6.45) is 0.711. The second-order valence-corrected chi connectivity index (χ2v) is 6.26. The number of likely N-dealkylation sites (tertiary alicyclic amines) is 1. The van der Waals surface area contributed by atoms with E-state index in [0.717, 1.165) is 4.47 Å². The predicted octanol–water partition coefficient (Wildman–Crippen LogP) is 2.58. The maximum atomic E-state index is 15.0. The summed E-state index contributed by atoms with van der Waals surface area (Å²) in [6.45, 7) is 1.33. The smallest absolute Gasteiger partial charge is 0.258 e. The molecule has 20 heavy (non-hydrogen) atoms. The van der Waals surface area contributed by atoms with Crippen LogP contribution in [0.1, 0.15) is 18.7 Å². The Morgan fingerprint density at radius 1 is 1.40 bits per heavy atom. The quantitative estimate of drug-likeness (QED) is 0.868. The third-order valence-corrected chi connectivity index (χ3v) is 4.36. The van der Waals surface area contributed by atoms with E-state index in [0.29, 0.717) is 36.8 Å². The van der Waals surface area contributed by atoms with Gasteiger partial charge in [-0.2, -0.15) is 0 Å². The van der Waals surface area contributed by atoms with Crippen LogP contribution in [0.5, 0.6) is 0 Å². The molecule has 106 valence electrons. The van der Waals surface area contributed by atoms with E-state index in [4.69, 9.17) is 0 Å². The summed E-state index contributed by atoms with van der Waals surface area (Å²) in [5, 5.41) is 0.472. The fourth-order valence-electron chi connectivity index (χ4n) is 2.53. The van der Waals surface area contributed by atoms with E-state index in [9.17, 15) is 9.18 Å². The molecule has 1 N–H and O–H groups in total. The number of aromatic nitrogens is 2. The zero-order valence-corrected chi connectivity index (χ0v) is 12.7. The lowest BCUT2D eigenvalue weighted by Gasteiger charge is -2.33. The molecule has 2 aromatic rings. The predicted molar refractivity (Wildman–Crippen MR) is 79.6 cm³/mol. The Bertz CT molecular complexity index is 707. The molecule has 0 aliphatic carbocycles. The number of hydrogen-bond acceptors (Lipinski definition) is 3. The first-order valence-electron chi connectivity index (χ1n) is 6.55. The molecule has 1 aromatic heterocycles. The molecule has 0 amide bonds. The highest BCUT2D eigenvalue weighted by Crippen LogP contribution is 2.34. The minimum Gasteiger partial charge on any atom is -0.307 e. The highest BCUT2D eigenvalue weighted by atomic mass is 79.9. The van der Waals surface area contributed by atoms with Crippen LogP contribution in [0.2, 0.25) is 0 Å². The number of rotatable bonds is 1. The molecule has 1 fully saturated rings. The third-order valence-electron chi connectivity index (χ3n) is 3.87. The van der Waals surface area contributed by atoms with Crippen LogP contribution in [-0.2, 0) is 5.67 Å². The summed E-state index contributed by atoms with van der Waals surface area (Å²) in [7, 11) is 1.97. The van der Waals surface area contributed by atoms with Crippen LogP contribution in [0.15, 0.2) is 27.5 Å². The third kappa shape index (κ3) is 2.38. The number of H-pyrrole nitrogens is 1. The van der Waals surface area contributed by atoms with Crippen molar-refractivity contribution < 1.29 is 4.39 Å². The van der Waals surface area contributed by atoms with Crippen molar-refractivity contribution in [2.24, 2.45) is 0 Å². The molecular formula is C14H15BrFN3O. The Morgan fingerprint density at radius 2 is 2.10 bits per heavy atom. The number of piperidine rings is 1. The van der Waals surface area contributed by atoms with Gasteiger partial charge in [-0.3, -0.25) is 4.79 Å². The van der Waals surface area contributed by atoms with Gasteiger partial charge in [-0.05, 0) is 25.2 Å². The average molecular weight is 340 g/mol. The summed E-state index contributed by atoms with van der Waals surface area (Å²) in [5.41, 5.74) is -1.29. The van der Waals surface area contributed by atoms with E-state index in [1.807, 2.05) is 7.05 Å². The molecule has 0 bridgehead atoms. The molecule has 2 heterocycles. The number of halogens is 2. The Kier molecular flexibility index (Phi) is 3.38. The first-order chi connectivity index (χ1) is 9.48. The Balaban J connectivity index is 2.09. The van der Waals surface area contributed by atoms with Crippen LogP contribution >= 0.6 is 15.9 Å². The van der Waals surface area contributed by atoms with E-state index < -0.39 is 5.67 Å². The largest absolute Gasteiger partial charge is 0.307 e. The van der Waals surface area contributed by atoms with Gasteiger partial charge in [0.05, 0.1) is 10.9 Å². The lowest BCUT2D eigenvalue weighted by atomic mass is 9.92. The topological polar surface area (TPSA) is 49.0 Å². The first-order valence-corrected chi connectivity index (χ1v) is 7.35. The maximum Gasteiger partial charge on any atom is 0.258 e. The molecular weight excluding hydrogens is 325 g/mol. The number of hydrogen-bond donors (Lipinski definition) is 1. The van der Waals surface area contributed by atoms with Crippen LogP contribution in [0, 0.1) is 0 Å². The van der Waals surface area contributed by atoms with Crippen LogP contribution in [0.25, 0.3) is 10.9 Å². The second-order valence-electron chi connectivity index (χ2n) is 5.34. The highest BCUT2D eigenvalue weighted by molar-refractivity contribution is 9.10. The minimum absolute atomic E-state index is 0.158. The standard InChI is InChI=1S/C14H15BrFN3O/c1-19-6-4-14(16,5-7-19)13-17-11-3-2-9(15)8-10(11)12(20)18-13/h2-3,8H,4-7H2,1H3,(H,17,18,20). The van der Waals surface area contributed by atoms with E-state index in [-0.39, 0.29) is 11.4 Å². The number of aromatic amines is 1. The Hall–Kier alpha value is -1.27. The SMILES string of the molecule is CN1CCC(F)(c2nc3ccc(Br)cc3c(=O)[nH]2)CC1. The van der Waals surface area contributed by atoms with Crippen LogP contribution in [0.3, 0.4) is 0 Å². The summed E-state index contributed by atoms with van der Waals surface area (Å²) >= 11 is 3.32. The lowest BCUT2D eigenvalue weighted by molar-refractivity contribution is 0.0591. The lowest BCUT2D eigenvalue weighted by Crippen LogP contribution is -2.39. The molecule has 0 saturated carbocycles. The van der Waals surface area contributed by atoms with Crippen molar-refractivity contribution in [1.82, 2.24) is 14.9 Å². The van der Waals surface area contributed by atoms with Gasteiger partial charge >= 0.3 is 0 Å². The van der Waals surface area contributed by atoms with Crippen molar-refractivity contribution in [1.29, 1.82) is 0 Å². The van der Waals surface area contributed by atoms with Gasteiger partial charge in [0.2, 0.25) is 0 Å². The normalized spacial score (nSPS) is 19.4. The van der Waals surface area contributed by atoms with Gasteiger partial charge in [-0.25, -0.2) is 9.37 Å². The van der Waals surface area contributed by atoms with Gasteiger partial charge in [0, 0.05) is 30.4 Å². The molecule has 0 atom stereocenters. The molecule has 3 rings (SSSR count). The van der Waals surface area contributed by atoms with Crippen LogP contribution in [0.4, 0.5) is 4.39 Å². The molecule has 0 spiro atoms. The van der Waals surface area contributed by atoms with Crippen molar-refractivity contribution in [2.45, 2.75) is 18.5 Å². The van der Waals surface area contributed by atoms with Crippen LogP contribution < -0.4 is 5.56 Å². The maximum absolute atomic E-state index is 15.0. The van der Waals surface area contributed by atoms with E-state index in [1.165, 1.54) is 0 Å². The summed E-state index contributed by atoms with van der Waals surface area (Å²) < 4.78 is 15.8. The van der Waals surface area contributed by atoms with E-state index in [2.05, 4.69) is 30.8 Å². The van der Waals surface area contributed by atoms with Crippen molar-refractivity contribution in [2.75, 3.05) is 20.1 Å². The van der Waals surface area contributed by atoms with Crippen molar-refractivity contribution in [3.8, 4) is 0 Å². The molecule has 1 aliphatic heterocycles. The van der Waals surface area contributed by atoms with Gasteiger partial charge < -0.3 is 9.88 Å². The number of fused-ring (bicyclic) bond motifs is 1. The molecule has 1 aromatic carbocycles. The summed E-state index contributed by atoms with van der Waals surface area (Å²) in [4.78, 5) is 21.1. The van der Waals surface area contributed by atoms with Gasteiger partial charge in [-0.1, -0.05) is 15.9 Å². The molecule has 0 unspecified atom stereocenters. The fourth-order valence-corrected chi connectivity index (χ4v) is 2.89. The monoisotopic (exact) mass is 339 g/mol. The second kappa shape index (κ2) is 4.93. The Labute approximate surface area is 124 Å². The van der Waals surface area contributed by atoms with E-state index in [1.54, 1.807) is 18.2 Å². The van der Waals surface area contributed by atoms with Crippen molar-refractivity contribution in [3.05, 3.63) is 38.9 Å². The number of benzene rings is 1. The fraction of sp³-hybridized carbons (Fsp3) is 0.429. The molecule has 1 saturated heterocycles. The van der Waals surface area contributed by atoms with Gasteiger partial charge in [-0.15, -0.1) is 0 Å². The Morgan fingerprint density at radius 3 is 2.80 bits per heavy atom. The first kappa shape index (κ1) is 13.7. The summed E-state index contributed by atoms with van der Waals surface area (Å²) in [5.74, 6) is 0.158. The molecule has 4 nitrogen and oxygen atoms in total. The molecule has 6 heteroatoms. The van der Waals surface area contributed by atoms with Crippen molar-refractivity contribution >= 4 is 26.8 Å². The minimum atomic E-state index is -1.53. The summed E-state index contributed by atoms with van der Waals surface area (Å²) in [6, 6.07) is 5.24. The number of nitrogens with zero attached hydrogens (tertiary/aromatic N) is 2. The zero-order valence-electron chi connectivity index (χ0n) is 11.1. The number of nitrogens with one attached hydrogen (secondary N) is 1. The molecule has 1 aliphatic rings.